The standard InChI is InChI=1S/C15H12Cl2FNO4S/c16-10-4-5-13(17)14(8-10)24(22,23)19(7-6-15(20)21)12-3-1-2-11(18)9-12/h1-5,8-9H,6-7H2,(H,20,21). The number of anilines is 1. The monoisotopic (exact) mass is 391 g/mol. The average molecular weight is 392 g/mol. The Morgan fingerprint density at radius 1 is 1.17 bits per heavy atom. The summed E-state index contributed by atoms with van der Waals surface area (Å²) in [7, 11) is -4.23. The van der Waals surface area contributed by atoms with E-state index in [2.05, 4.69) is 0 Å². The Bertz CT molecular complexity index is 874. The third kappa shape index (κ3) is 4.17. The molecule has 0 aliphatic heterocycles. The zero-order chi connectivity index (χ0) is 17.9. The Morgan fingerprint density at radius 3 is 2.50 bits per heavy atom. The zero-order valence-corrected chi connectivity index (χ0v) is 14.4. The summed E-state index contributed by atoms with van der Waals surface area (Å²) in [6.07, 6.45) is -0.464. The minimum absolute atomic E-state index is 0.00714. The van der Waals surface area contributed by atoms with E-state index < -0.39 is 28.2 Å². The van der Waals surface area contributed by atoms with Gasteiger partial charge in [0.05, 0.1) is 17.1 Å². The molecule has 24 heavy (non-hydrogen) atoms. The molecular weight excluding hydrogens is 380 g/mol. The van der Waals surface area contributed by atoms with Crippen LogP contribution in [0.1, 0.15) is 6.42 Å². The second kappa shape index (κ2) is 7.38. The highest BCUT2D eigenvalue weighted by Gasteiger charge is 2.28. The Labute approximate surface area is 148 Å². The van der Waals surface area contributed by atoms with Crippen molar-refractivity contribution in [3.63, 3.8) is 0 Å². The van der Waals surface area contributed by atoms with Crippen LogP contribution < -0.4 is 4.31 Å². The van der Waals surface area contributed by atoms with Crippen molar-refractivity contribution in [2.45, 2.75) is 11.3 Å². The highest BCUT2D eigenvalue weighted by Crippen LogP contribution is 2.31. The van der Waals surface area contributed by atoms with E-state index in [1.807, 2.05) is 0 Å². The van der Waals surface area contributed by atoms with Gasteiger partial charge in [-0.2, -0.15) is 0 Å². The zero-order valence-electron chi connectivity index (χ0n) is 12.1. The summed E-state index contributed by atoms with van der Waals surface area (Å²) in [6.45, 7) is -0.385. The number of nitrogens with zero attached hydrogens (tertiary/aromatic N) is 1. The molecule has 0 saturated heterocycles. The lowest BCUT2D eigenvalue weighted by molar-refractivity contribution is -0.136. The van der Waals surface area contributed by atoms with Gasteiger partial charge in [0.25, 0.3) is 10.0 Å². The van der Waals surface area contributed by atoms with Crippen LogP contribution in [-0.2, 0) is 14.8 Å². The molecule has 2 aromatic rings. The predicted octanol–water partition coefficient (Wildman–Crippen LogP) is 3.80. The molecule has 1 N–H and O–H groups in total. The molecule has 0 atom stereocenters. The van der Waals surface area contributed by atoms with Gasteiger partial charge in [0.15, 0.2) is 0 Å². The van der Waals surface area contributed by atoms with Crippen LogP contribution in [0, 0.1) is 5.82 Å². The maximum atomic E-state index is 13.5. The molecule has 0 bridgehead atoms. The molecule has 128 valence electrons. The molecular formula is C15H12Cl2FNO4S. The Hall–Kier alpha value is -1.83. The van der Waals surface area contributed by atoms with Crippen LogP contribution in [-0.4, -0.2) is 26.0 Å². The van der Waals surface area contributed by atoms with Gasteiger partial charge in [0.2, 0.25) is 0 Å². The van der Waals surface area contributed by atoms with Crippen molar-refractivity contribution in [1.82, 2.24) is 0 Å². The topological polar surface area (TPSA) is 74.7 Å². The van der Waals surface area contributed by atoms with Crippen molar-refractivity contribution in [3.8, 4) is 0 Å². The van der Waals surface area contributed by atoms with E-state index >= 15 is 0 Å². The number of hydrogen-bond acceptors (Lipinski definition) is 3. The first-order valence-corrected chi connectivity index (χ1v) is 8.86. The smallest absolute Gasteiger partial charge is 0.305 e. The van der Waals surface area contributed by atoms with Crippen LogP contribution in [0.4, 0.5) is 10.1 Å². The number of benzene rings is 2. The second-order valence-corrected chi connectivity index (χ2v) is 7.45. The molecule has 2 rings (SSSR count). The van der Waals surface area contributed by atoms with Gasteiger partial charge in [0, 0.05) is 11.6 Å². The number of carboxylic acids is 1. The Morgan fingerprint density at radius 2 is 1.88 bits per heavy atom. The van der Waals surface area contributed by atoms with Crippen LogP contribution >= 0.6 is 23.2 Å². The quantitative estimate of drug-likeness (QED) is 0.812. The normalized spacial score (nSPS) is 11.3. The summed E-state index contributed by atoms with van der Waals surface area (Å²) in [4.78, 5) is 10.6. The van der Waals surface area contributed by atoms with Crippen molar-refractivity contribution >= 4 is 44.9 Å². The van der Waals surface area contributed by atoms with Crippen LogP contribution in [0.25, 0.3) is 0 Å². The molecule has 2 aromatic carbocycles. The predicted molar refractivity (Wildman–Crippen MR) is 89.6 cm³/mol. The molecule has 0 fully saturated rings. The lowest BCUT2D eigenvalue weighted by Gasteiger charge is -2.24. The summed E-state index contributed by atoms with van der Waals surface area (Å²) in [5.74, 6) is -1.84. The van der Waals surface area contributed by atoms with Crippen molar-refractivity contribution < 1.29 is 22.7 Å². The van der Waals surface area contributed by atoms with Crippen LogP contribution in [0.5, 0.6) is 0 Å². The highest BCUT2D eigenvalue weighted by molar-refractivity contribution is 7.93. The molecule has 9 heteroatoms. The number of carbonyl (C=O) groups is 1. The fraction of sp³-hybridized carbons (Fsp3) is 0.133. The maximum Gasteiger partial charge on any atom is 0.305 e. The van der Waals surface area contributed by atoms with Gasteiger partial charge in [-0.05, 0) is 36.4 Å². The first kappa shape index (κ1) is 18.5. The molecule has 0 amide bonds. The molecule has 0 saturated carbocycles. The summed E-state index contributed by atoms with van der Waals surface area (Å²) >= 11 is 11.8. The number of rotatable bonds is 6. The summed E-state index contributed by atoms with van der Waals surface area (Å²) in [6, 6.07) is 8.74. The average Bonchev–Trinajstić information content (AvgIpc) is 2.49. The van der Waals surface area contributed by atoms with E-state index in [4.69, 9.17) is 28.3 Å². The number of aliphatic carboxylic acids is 1. The Kier molecular flexibility index (Phi) is 5.69. The molecule has 0 unspecified atom stereocenters. The lowest BCUT2D eigenvalue weighted by atomic mass is 10.3. The van der Waals surface area contributed by atoms with E-state index in [1.54, 1.807) is 0 Å². The van der Waals surface area contributed by atoms with E-state index in [0.717, 1.165) is 22.5 Å². The van der Waals surface area contributed by atoms with Gasteiger partial charge < -0.3 is 5.11 Å². The molecule has 0 aliphatic carbocycles. The van der Waals surface area contributed by atoms with E-state index in [0.29, 0.717) is 0 Å². The maximum absolute atomic E-state index is 13.5. The van der Waals surface area contributed by atoms with Crippen molar-refractivity contribution in [2.75, 3.05) is 10.8 Å². The van der Waals surface area contributed by atoms with Crippen molar-refractivity contribution in [2.24, 2.45) is 0 Å². The van der Waals surface area contributed by atoms with Crippen molar-refractivity contribution in [3.05, 3.63) is 58.3 Å². The van der Waals surface area contributed by atoms with Gasteiger partial charge in [0.1, 0.15) is 10.7 Å². The summed E-state index contributed by atoms with van der Waals surface area (Å²) < 4.78 is 40.1. The Balaban J connectivity index is 2.56. The second-order valence-electron chi connectivity index (χ2n) is 4.78. The molecule has 5 nitrogen and oxygen atoms in total. The third-order valence-electron chi connectivity index (χ3n) is 3.09. The fourth-order valence-corrected chi connectivity index (χ4v) is 4.21. The third-order valence-corrected chi connectivity index (χ3v) is 5.63. The van der Waals surface area contributed by atoms with Crippen molar-refractivity contribution in [1.29, 1.82) is 0 Å². The number of carboxylic acid groups (broad SMARTS) is 1. The molecule has 0 aromatic heterocycles. The largest absolute Gasteiger partial charge is 0.481 e. The van der Waals surface area contributed by atoms with Gasteiger partial charge in [-0.25, -0.2) is 12.8 Å². The van der Waals surface area contributed by atoms with Gasteiger partial charge >= 0.3 is 5.97 Å². The highest BCUT2D eigenvalue weighted by atomic mass is 35.5. The van der Waals surface area contributed by atoms with E-state index in [1.165, 1.54) is 24.3 Å². The van der Waals surface area contributed by atoms with E-state index in [9.17, 15) is 17.6 Å². The molecule has 0 radical (unpaired) electrons. The van der Waals surface area contributed by atoms with Gasteiger partial charge in [-0.1, -0.05) is 29.3 Å². The number of halogens is 3. The van der Waals surface area contributed by atoms with Gasteiger partial charge in [-0.3, -0.25) is 9.10 Å². The van der Waals surface area contributed by atoms with E-state index in [-0.39, 0.29) is 27.2 Å². The van der Waals surface area contributed by atoms with Crippen LogP contribution in [0.3, 0.4) is 0 Å². The first-order chi connectivity index (χ1) is 11.2. The SMILES string of the molecule is O=C(O)CCN(c1cccc(F)c1)S(=O)(=O)c1cc(Cl)ccc1Cl. The number of hydrogen-bond donors (Lipinski definition) is 1. The van der Waals surface area contributed by atoms with Crippen LogP contribution in [0.15, 0.2) is 47.4 Å². The first-order valence-electron chi connectivity index (χ1n) is 6.67. The minimum atomic E-state index is -4.23. The summed E-state index contributed by atoms with van der Waals surface area (Å²) in [5, 5.41) is 8.93. The molecule has 0 aliphatic rings. The lowest BCUT2D eigenvalue weighted by Crippen LogP contribution is -2.33. The fourth-order valence-electron chi connectivity index (χ4n) is 2.01. The molecule has 0 heterocycles. The van der Waals surface area contributed by atoms with Crippen LogP contribution in [0.2, 0.25) is 10.0 Å². The number of sulfonamides is 1. The van der Waals surface area contributed by atoms with Gasteiger partial charge in [-0.15, -0.1) is 0 Å². The summed E-state index contributed by atoms with van der Waals surface area (Å²) in [5.41, 5.74) is -0.00714. The minimum Gasteiger partial charge on any atom is -0.481 e. The molecule has 0 spiro atoms.